The summed E-state index contributed by atoms with van der Waals surface area (Å²) in [4.78, 5) is 0. The summed E-state index contributed by atoms with van der Waals surface area (Å²) >= 11 is 0. The second kappa shape index (κ2) is 7.10. The maximum Gasteiger partial charge on any atom is 0.0695 e. The van der Waals surface area contributed by atoms with E-state index in [9.17, 15) is 0 Å². The van der Waals surface area contributed by atoms with E-state index in [0.717, 1.165) is 12.2 Å². The fourth-order valence-corrected chi connectivity index (χ4v) is 2.20. The summed E-state index contributed by atoms with van der Waals surface area (Å²) in [5.41, 5.74) is 3.54. The number of unbranched alkanes of at least 4 members (excludes halogenated alkanes) is 1. The lowest BCUT2D eigenvalue weighted by molar-refractivity contribution is 0.495. The molecule has 0 bridgehead atoms. The van der Waals surface area contributed by atoms with Crippen LogP contribution in [0.2, 0.25) is 0 Å². The van der Waals surface area contributed by atoms with Crippen LogP contribution in [0.4, 0.5) is 0 Å². The van der Waals surface area contributed by atoms with E-state index >= 15 is 0 Å². The molecular formula is C16H23N3. The van der Waals surface area contributed by atoms with Crippen LogP contribution in [0, 0.1) is 0 Å². The Morgan fingerprint density at radius 3 is 2.79 bits per heavy atom. The van der Waals surface area contributed by atoms with Crippen molar-refractivity contribution in [3.8, 4) is 11.3 Å². The highest BCUT2D eigenvalue weighted by molar-refractivity contribution is 5.62. The van der Waals surface area contributed by atoms with Crippen LogP contribution < -0.4 is 5.32 Å². The van der Waals surface area contributed by atoms with E-state index in [1.807, 2.05) is 12.3 Å². The number of aromatic nitrogens is 2. The Balaban J connectivity index is 1.97. The molecule has 1 atom stereocenters. The second-order valence-electron chi connectivity index (χ2n) is 5.06. The molecule has 0 aliphatic rings. The summed E-state index contributed by atoms with van der Waals surface area (Å²) in [5.74, 6) is 0. The summed E-state index contributed by atoms with van der Waals surface area (Å²) in [6.45, 7) is 5.35. The zero-order chi connectivity index (χ0) is 13.5. The van der Waals surface area contributed by atoms with Crippen molar-refractivity contribution in [3.05, 3.63) is 42.1 Å². The monoisotopic (exact) mass is 257 g/mol. The minimum absolute atomic E-state index is 0.554. The highest BCUT2D eigenvalue weighted by Gasteiger charge is 2.08. The van der Waals surface area contributed by atoms with Gasteiger partial charge in [0.1, 0.15) is 0 Å². The van der Waals surface area contributed by atoms with Gasteiger partial charge in [-0.2, -0.15) is 5.10 Å². The molecule has 3 nitrogen and oxygen atoms in total. The predicted molar refractivity (Wildman–Crippen MR) is 79.9 cm³/mol. The molecule has 0 saturated heterocycles. The van der Waals surface area contributed by atoms with E-state index in [2.05, 4.69) is 53.6 Å². The van der Waals surface area contributed by atoms with Gasteiger partial charge in [0.2, 0.25) is 0 Å². The summed E-state index contributed by atoms with van der Waals surface area (Å²) in [6.07, 6.45) is 5.69. The summed E-state index contributed by atoms with van der Waals surface area (Å²) in [6, 6.07) is 10.9. The van der Waals surface area contributed by atoms with E-state index in [1.54, 1.807) is 0 Å². The Bertz CT molecular complexity index is 476. The molecule has 102 valence electrons. The van der Waals surface area contributed by atoms with Crippen LogP contribution in [0.15, 0.2) is 36.5 Å². The van der Waals surface area contributed by atoms with Gasteiger partial charge in [0.15, 0.2) is 0 Å². The number of hydrogen-bond acceptors (Lipinski definition) is 2. The molecule has 0 aliphatic heterocycles. The first-order valence-electron chi connectivity index (χ1n) is 7.12. The van der Waals surface area contributed by atoms with E-state index in [-0.39, 0.29) is 0 Å². The van der Waals surface area contributed by atoms with Crippen LogP contribution in [0.1, 0.15) is 38.7 Å². The van der Waals surface area contributed by atoms with Gasteiger partial charge < -0.3 is 5.32 Å². The molecule has 0 radical (unpaired) electrons. The highest BCUT2D eigenvalue weighted by atomic mass is 15.1. The van der Waals surface area contributed by atoms with Gasteiger partial charge in [0, 0.05) is 18.2 Å². The van der Waals surface area contributed by atoms with Gasteiger partial charge in [0.05, 0.1) is 11.9 Å². The van der Waals surface area contributed by atoms with Crippen LogP contribution >= 0.6 is 0 Å². The molecule has 3 heteroatoms. The summed E-state index contributed by atoms with van der Waals surface area (Å²) in [7, 11) is 0. The van der Waals surface area contributed by atoms with E-state index in [1.165, 1.54) is 30.4 Å². The van der Waals surface area contributed by atoms with Gasteiger partial charge in [-0.1, -0.05) is 50.1 Å². The van der Waals surface area contributed by atoms with Crippen LogP contribution in [-0.2, 0) is 6.54 Å². The molecule has 0 spiro atoms. The first kappa shape index (κ1) is 13.8. The van der Waals surface area contributed by atoms with E-state index < -0.39 is 0 Å². The van der Waals surface area contributed by atoms with Gasteiger partial charge in [-0.15, -0.1) is 0 Å². The molecule has 1 heterocycles. The topological polar surface area (TPSA) is 40.7 Å². The number of H-pyrrole nitrogens is 1. The second-order valence-corrected chi connectivity index (χ2v) is 5.06. The number of benzene rings is 1. The molecule has 2 aromatic rings. The van der Waals surface area contributed by atoms with Crippen LogP contribution in [0.3, 0.4) is 0 Å². The number of hydrogen-bond donors (Lipinski definition) is 2. The fourth-order valence-electron chi connectivity index (χ4n) is 2.20. The van der Waals surface area contributed by atoms with Gasteiger partial charge >= 0.3 is 0 Å². The number of nitrogens with one attached hydrogen (secondary N) is 2. The number of aromatic amines is 1. The first-order valence-corrected chi connectivity index (χ1v) is 7.12. The Hall–Kier alpha value is -1.61. The van der Waals surface area contributed by atoms with Crippen molar-refractivity contribution < 1.29 is 0 Å². The average molecular weight is 257 g/mol. The molecule has 2 N–H and O–H groups in total. The summed E-state index contributed by atoms with van der Waals surface area (Å²) in [5, 5.41) is 10.8. The number of nitrogens with zero attached hydrogens (tertiary/aromatic N) is 1. The maximum absolute atomic E-state index is 4.17. The van der Waals surface area contributed by atoms with Crippen molar-refractivity contribution in [1.29, 1.82) is 0 Å². The Kier molecular flexibility index (Phi) is 5.16. The van der Waals surface area contributed by atoms with Crippen molar-refractivity contribution in [2.75, 3.05) is 0 Å². The molecule has 0 amide bonds. The van der Waals surface area contributed by atoms with E-state index in [4.69, 9.17) is 0 Å². The van der Waals surface area contributed by atoms with Crippen molar-refractivity contribution in [2.45, 2.75) is 45.7 Å². The molecule has 2 rings (SSSR count). The SMILES string of the molecule is CCCCC(C)NCc1cn[nH]c1-c1ccccc1. The van der Waals surface area contributed by atoms with Crippen LogP contribution in [-0.4, -0.2) is 16.2 Å². The standard InChI is InChI=1S/C16H23N3/c1-3-4-8-13(2)17-11-15-12-18-19-16(15)14-9-6-5-7-10-14/h5-7,9-10,12-13,17H,3-4,8,11H2,1-2H3,(H,18,19). The smallest absolute Gasteiger partial charge is 0.0695 e. The number of rotatable bonds is 7. The van der Waals surface area contributed by atoms with Crippen molar-refractivity contribution >= 4 is 0 Å². The first-order chi connectivity index (χ1) is 9.31. The molecule has 1 aromatic heterocycles. The van der Waals surface area contributed by atoms with Crippen LogP contribution in [0.25, 0.3) is 11.3 Å². The fraction of sp³-hybridized carbons (Fsp3) is 0.438. The lowest BCUT2D eigenvalue weighted by Gasteiger charge is -2.13. The molecule has 0 fully saturated rings. The largest absolute Gasteiger partial charge is 0.310 e. The third-order valence-electron chi connectivity index (χ3n) is 3.41. The lowest BCUT2D eigenvalue weighted by Crippen LogP contribution is -2.25. The molecule has 1 aromatic carbocycles. The van der Waals surface area contributed by atoms with Crippen molar-refractivity contribution in [3.63, 3.8) is 0 Å². The molecule has 19 heavy (non-hydrogen) atoms. The average Bonchev–Trinajstić information content (AvgIpc) is 2.92. The van der Waals surface area contributed by atoms with Crippen molar-refractivity contribution in [2.24, 2.45) is 0 Å². The molecule has 0 aliphatic carbocycles. The van der Waals surface area contributed by atoms with Crippen LogP contribution in [0.5, 0.6) is 0 Å². The van der Waals surface area contributed by atoms with Gasteiger partial charge in [0.25, 0.3) is 0 Å². The Morgan fingerprint density at radius 1 is 1.26 bits per heavy atom. The highest BCUT2D eigenvalue weighted by Crippen LogP contribution is 2.20. The zero-order valence-electron chi connectivity index (χ0n) is 11.8. The lowest BCUT2D eigenvalue weighted by atomic mass is 10.1. The third-order valence-corrected chi connectivity index (χ3v) is 3.41. The Labute approximate surface area is 115 Å². The minimum Gasteiger partial charge on any atom is -0.310 e. The summed E-state index contributed by atoms with van der Waals surface area (Å²) < 4.78 is 0. The normalized spacial score (nSPS) is 12.5. The molecular weight excluding hydrogens is 234 g/mol. The molecule has 1 unspecified atom stereocenters. The Morgan fingerprint density at radius 2 is 2.05 bits per heavy atom. The third kappa shape index (κ3) is 3.93. The molecule has 0 saturated carbocycles. The minimum atomic E-state index is 0.554. The van der Waals surface area contributed by atoms with E-state index in [0.29, 0.717) is 6.04 Å². The van der Waals surface area contributed by atoms with Gasteiger partial charge in [-0.3, -0.25) is 5.10 Å². The van der Waals surface area contributed by atoms with Gasteiger partial charge in [-0.05, 0) is 18.9 Å². The van der Waals surface area contributed by atoms with Gasteiger partial charge in [-0.25, -0.2) is 0 Å². The quantitative estimate of drug-likeness (QED) is 0.793. The maximum atomic E-state index is 4.17. The van der Waals surface area contributed by atoms with Crippen molar-refractivity contribution in [1.82, 2.24) is 15.5 Å². The predicted octanol–water partition coefficient (Wildman–Crippen LogP) is 3.75. The zero-order valence-corrected chi connectivity index (χ0v) is 11.8.